The highest BCUT2D eigenvalue weighted by Gasteiger charge is 2.48. The number of rotatable bonds is 2. The normalized spacial score (nSPS) is 16.8. The summed E-state index contributed by atoms with van der Waals surface area (Å²) in [5.74, 6) is 1.84. The average molecular weight is 411 g/mol. The fraction of sp³-hybridized carbons (Fsp3) is 0.333. The van der Waals surface area contributed by atoms with Gasteiger partial charge in [0.05, 0.1) is 16.8 Å². The molecule has 2 aliphatic carbocycles. The van der Waals surface area contributed by atoms with E-state index in [4.69, 9.17) is 9.05 Å². The van der Waals surface area contributed by atoms with E-state index < -0.39 is 0 Å². The number of nitrogens with zero attached hydrogens (tertiary/aromatic N) is 2. The number of hydrogen-bond acceptors (Lipinski definition) is 4. The van der Waals surface area contributed by atoms with Crippen LogP contribution >= 0.6 is 0 Å². The Hall–Kier alpha value is -3.14. The molecule has 0 N–H and O–H groups in total. The molecule has 4 nitrogen and oxygen atoms in total. The van der Waals surface area contributed by atoms with Gasteiger partial charge in [0.25, 0.3) is 0 Å². The fourth-order valence-corrected chi connectivity index (χ4v) is 5.54. The molecular weight excluding hydrogens is 384 g/mol. The van der Waals surface area contributed by atoms with Crippen molar-refractivity contribution in [2.75, 3.05) is 0 Å². The van der Waals surface area contributed by atoms with E-state index in [9.17, 15) is 0 Å². The molecule has 2 heterocycles. The molecule has 0 saturated heterocycles. The SMILES string of the molecule is Cc1ccc(-c2onc3c2CCCC32CCCc3c2noc3-c2ccc(C)cc2)cc1. The summed E-state index contributed by atoms with van der Waals surface area (Å²) in [7, 11) is 0. The zero-order valence-corrected chi connectivity index (χ0v) is 18.1. The lowest BCUT2D eigenvalue weighted by atomic mass is 9.64. The first kappa shape index (κ1) is 18.6. The van der Waals surface area contributed by atoms with E-state index >= 15 is 0 Å². The Morgan fingerprint density at radius 2 is 1.06 bits per heavy atom. The second-order valence-corrected chi connectivity index (χ2v) is 9.20. The van der Waals surface area contributed by atoms with Crippen LogP contribution in [-0.2, 0) is 18.3 Å². The van der Waals surface area contributed by atoms with Crippen molar-refractivity contribution in [1.29, 1.82) is 0 Å². The van der Waals surface area contributed by atoms with Gasteiger partial charge in [-0.05, 0) is 52.4 Å². The highest BCUT2D eigenvalue weighted by atomic mass is 16.5. The zero-order chi connectivity index (χ0) is 21.0. The maximum absolute atomic E-state index is 5.98. The van der Waals surface area contributed by atoms with E-state index in [0.29, 0.717) is 0 Å². The van der Waals surface area contributed by atoms with E-state index in [-0.39, 0.29) is 5.41 Å². The first-order chi connectivity index (χ1) is 15.2. The van der Waals surface area contributed by atoms with Crippen LogP contribution in [0.4, 0.5) is 0 Å². The first-order valence-corrected chi connectivity index (χ1v) is 11.3. The van der Waals surface area contributed by atoms with Crippen LogP contribution in [0.5, 0.6) is 0 Å². The van der Waals surface area contributed by atoms with Crippen LogP contribution in [-0.4, -0.2) is 10.3 Å². The van der Waals surface area contributed by atoms with Gasteiger partial charge in [-0.15, -0.1) is 0 Å². The van der Waals surface area contributed by atoms with Crippen LogP contribution in [0.25, 0.3) is 22.6 Å². The molecule has 0 aliphatic heterocycles. The predicted molar refractivity (Wildman–Crippen MR) is 120 cm³/mol. The fourth-order valence-electron chi connectivity index (χ4n) is 5.54. The Bertz CT molecular complexity index is 1150. The average Bonchev–Trinajstić information content (AvgIpc) is 3.42. The van der Waals surface area contributed by atoms with E-state index in [1.165, 1.54) is 22.3 Å². The molecule has 0 saturated carbocycles. The van der Waals surface area contributed by atoms with Gasteiger partial charge in [-0.25, -0.2) is 0 Å². The summed E-state index contributed by atoms with van der Waals surface area (Å²) < 4.78 is 12.0. The minimum absolute atomic E-state index is 0.194. The molecule has 31 heavy (non-hydrogen) atoms. The molecular formula is C27H26N2O2. The molecule has 0 amide bonds. The zero-order valence-electron chi connectivity index (χ0n) is 18.1. The van der Waals surface area contributed by atoms with E-state index in [1.807, 2.05) is 0 Å². The van der Waals surface area contributed by atoms with Gasteiger partial charge in [0.15, 0.2) is 11.5 Å². The Morgan fingerprint density at radius 3 is 1.48 bits per heavy atom. The molecule has 4 aromatic rings. The van der Waals surface area contributed by atoms with Crippen molar-refractivity contribution >= 4 is 0 Å². The molecule has 2 aromatic heterocycles. The van der Waals surface area contributed by atoms with Crippen LogP contribution < -0.4 is 0 Å². The van der Waals surface area contributed by atoms with Crippen LogP contribution in [0, 0.1) is 13.8 Å². The third-order valence-corrected chi connectivity index (χ3v) is 7.17. The Morgan fingerprint density at radius 1 is 0.645 bits per heavy atom. The maximum atomic E-state index is 5.98. The molecule has 2 aliphatic rings. The van der Waals surface area contributed by atoms with Crippen molar-refractivity contribution in [3.8, 4) is 22.6 Å². The third kappa shape index (κ3) is 2.81. The second kappa shape index (κ2) is 6.94. The smallest absolute Gasteiger partial charge is 0.170 e. The van der Waals surface area contributed by atoms with Crippen molar-refractivity contribution in [2.45, 2.75) is 57.8 Å². The topological polar surface area (TPSA) is 52.1 Å². The first-order valence-electron chi connectivity index (χ1n) is 11.3. The molecule has 0 unspecified atom stereocenters. The van der Waals surface area contributed by atoms with Gasteiger partial charge < -0.3 is 9.05 Å². The van der Waals surface area contributed by atoms with Crippen molar-refractivity contribution < 1.29 is 9.05 Å². The Labute approximate surface area is 182 Å². The lowest BCUT2D eigenvalue weighted by Gasteiger charge is -2.37. The monoisotopic (exact) mass is 410 g/mol. The van der Waals surface area contributed by atoms with Crippen molar-refractivity contribution in [1.82, 2.24) is 10.3 Å². The Balaban J connectivity index is 1.48. The summed E-state index contributed by atoms with van der Waals surface area (Å²) in [6.07, 6.45) is 6.32. The van der Waals surface area contributed by atoms with Gasteiger partial charge in [0.1, 0.15) is 0 Å². The van der Waals surface area contributed by atoms with E-state index in [2.05, 4.69) is 72.7 Å². The number of aromatic nitrogens is 2. The van der Waals surface area contributed by atoms with Crippen LogP contribution in [0.2, 0.25) is 0 Å². The lowest BCUT2D eigenvalue weighted by Crippen LogP contribution is -2.36. The minimum Gasteiger partial charge on any atom is -0.356 e. The van der Waals surface area contributed by atoms with Gasteiger partial charge in [0.2, 0.25) is 0 Å². The minimum atomic E-state index is -0.194. The summed E-state index contributed by atoms with van der Waals surface area (Å²) in [5.41, 5.74) is 9.18. The third-order valence-electron chi connectivity index (χ3n) is 7.17. The van der Waals surface area contributed by atoms with Crippen molar-refractivity contribution in [2.24, 2.45) is 0 Å². The van der Waals surface area contributed by atoms with Gasteiger partial charge in [-0.2, -0.15) is 0 Å². The molecule has 6 rings (SSSR count). The molecule has 0 bridgehead atoms. The molecule has 2 aromatic carbocycles. The highest BCUT2D eigenvalue weighted by molar-refractivity contribution is 5.67. The maximum Gasteiger partial charge on any atom is 0.170 e. The van der Waals surface area contributed by atoms with Gasteiger partial charge in [-0.1, -0.05) is 70.0 Å². The number of hydrogen-bond donors (Lipinski definition) is 0. The Kier molecular flexibility index (Phi) is 4.17. The highest BCUT2D eigenvalue weighted by Crippen LogP contribution is 2.52. The molecule has 0 atom stereocenters. The summed E-state index contributed by atoms with van der Waals surface area (Å²) in [4.78, 5) is 0. The molecule has 0 fully saturated rings. The number of benzene rings is 2. The summed E-state index contributed by atoms with van der Waals surface area (Å²) in [5, 5.41) is 9.34. The lowest BCUT2D eigenvalue weighted by molar-refractivity contribution is 0.314. The van der Waals surface area contributed by atoms with Crippen LogP contribution in [0.3, 0.4) is 0 Å². The van der Waals surface area contributed by atoms with Crippen LogP contribution in [0.1, 0.15) is 59.3 Å². The molecule has 1 spiro atoms. The van der Waals surface area contributed by atoms with Gasteiger partial charge >= 0.3 is 0 Å². The molecule has 4 heteroatoms. The van der Waals surface area contributed by atoms with E-state index in [1.54, 1.807) is 0 Å². The molecule has 0 radical (unpaired) electrons. The molecule has 156 valence electrons. The largest absolute Gasteiger partial charge is 0.356 e. The predicted octanol–water partition coefficient (Wildman–Crippen LogP) is 6.57. The van der Waals surface area contributed by atoms with Gasteiger partial charge in [-0.3, -0.25) is 0 Å². The van der Waals surface area contributed by atoms with Gasteiger partial charge in [0, 0.05) is 22.3 Å². The summed E-state index contributed by atoms with van der Waals surface area (Å²) >= 11 is 0. The van der Waals surface area contributed by atoms with Crippen molar-refractivity contribution in [3.63, 3.8) is 0 Å². The quantitative estimate of drug-likeness (QED) is 0.375. The van der Waals surface area contributed by atoms with Crippen molar-refractivity contribution in [3.05, 3.63) is 82.2 Å². The van der Waals surface area contributed by atoms with E-state index in [0.717, 1.165) is 72.6 Å². The summed E-state index contributed by atoms with van der Waals surface area (Å²) in [6, 6.07) is 17.1. The number of aryl methyl sites for hydroxylation is 2. The number of fused-ring (bicyclic) bond motifs is 4. The second-order valence-electron chi connectivity index (χ2n) is 9.20. The standard InChI is InChI=1S/C27H26N2O2/c1-17-7-11-19(12-8-17)23-21-5-3-15-27(25(21)28-30-23)16-4-6-22-24(31-29-26(22)27)20-13-9-18(2)10-14-20/h7-14H,3-6,15-16H2,1-2H3. The van der Waals surface area contributed by atoms with Crippen LogP contribution in [0.15, 0.2) is 57.6 Å². The summed E-state index contributed by atoms with van der Waals surface area (Å²) in [6.45, 7) is 4.21.